The number of hydrogen-bond acceptors (Lipinski definition) is 5. The zero-order valence-electron chi connectivity index (χ0n) is 9.68. The van der Waals surface area contributed by atoms with Gasteiger partial charge in [0.15, 0.2) is 5.82 Å². The number of amides is 1. The van der Waals surface area contributed by atoms with Gasteiger partial charge in [-0.15, -0.1) is 0 Å². The minimum atomic E-state index is 0.0365. The van der Waals surface area contributed by atoms with Gasteiger partial charge in [0, 0.05) is 24.6 Å². The summed E-state index contributed by atoms with van der Waals surface area (Å²) in [6.07, 6.45) is 6.88. The first-order chi connectivity index (χ1) is 8.29. The van der Waals surface area contributed by atoms with Crippen molar-refractivity contribution in [3.8, 4) is 0 Å². The smallest absolute Gasteiger partial charge is 0.229 e. The fourth-order valence-corrected chi connectivity index (χ4v) is 2.31. The Balaban J connectivity index is 1.90. The fraction of sp³-hybridized carbons (Fsp3) is 0.545. The van der Waals surface area contributed by atoms with E-state index in [1.165, 1.54) is 11.5 Å². The Morgan fingerprint density at radius 3 is 3.24 bits per heavy atom. The molecular formula is C11H15N3O2S. The fourth-order valence-electron chi connectivity index (χ4n) is 1.73. The lowest BCUT2D eigenvalue weighted by molar-refractivity contribution is -0.120. The molecule has 1 aromatic heterocycles. The number of hydrogen-bond donors (Lipinski definition) is 1. The number of anilines is 1. The molecule has 0 bridgehead atoms. The van der Waals surface area contributed by atoms with Crippen LogP contribution in [0.4, 0.5) is 5.13 Å². The van der Waals surface area contributed by atoms with E-state index in [0.29, 0.717) is 17.6 Å². The highest BCUT2D eigenvalue weighted by atomic mass is 32.1. The third-order valence-electron chi connectivity index (χ3n) is 2.61. The first-order valence-electron chi connectivity index (χ1n) is 5.57. The average molecular weight is 253 g/mol. The summed E-state index contributed by atoms with van der Waals surface area (Å²) in [5.41, 5.74) is 0. The van der Waals surface area contributed by atoms with Crippen molar-refractivity contribution in [1.82, 2.24) is 9.36 Å². The van der Waals surface area contributed by atoms with Gasteiger partial charge in [-0.2, -0.15) is 4.37 Å². The number of nitrogens with zero attached hydrogens (tertiary/aromatic N) is 2. The number of aromatic nitrogens is 2. The van der Waals surface area contributed by atoms with E-state index in [9.17, 15) is 4.79 Å². The first kappa shape index (κ1) is 12.2. The summed E-state index contributed by atoms with van der Waals surface area (Å²) in [4.78, 5) is 16.1. The van der Waals surface area contributed by atoms with Gasteiger partial charge in [0.25, 0.3) is 0 Å². The predicted octanol–water partition coefficient (Wildman–Crippen LogP) is 1.98. The Morgan fingerprint density at radius 2 is 2.53 bits per heavy atom. The van der Waals surface area contributed by atoms with Crippen LogP contribution >= 0.6 is 11.5 Å². The van der Waals surface area contributed by atoms with Crippen molar-refractivity contribution in [2.45, 2.75) is 25.9 Å². The molecule has 6 heteroatoms. The normalized spacial score (nSPS) is 19.2. The van der Waals surface area contributed by atoms with Crippen LogP contribution in [0.5, 0.6) is 0 Å². The van der Waals surface area contributed by atoms with Gasteiger partial charge in [-0.25, -0.2) is 4.98 Å². The Morgan fingerprint density at radius 1 is 1.65 bits per heavy atom. The first-order valence-corrected chi connectivity index (χ1v) is 6.34. The molecule has 1 aliphatic rings. The molecule has 1 unspecified atom stereocenters. The standard InChI is InChI=1S/C11H15N3O2S/c1-16-7-9-12-11(17-14-9)13-10(15)8-5-3-2-4-6-8/h2-3,8H,4-7H2,1H3,(H,12,13,14,15). The van der Waals surface area contributed by atoms with Crippen molar-refractivity contribution in [3.05, 3.63) is 18.0 Å². The molecule has 1 N–H and O–H groups in total. The molecule has 2 rings (SSSR count). The van der Waals surface area contributed by atoms with Gasteiger partial charge in [-0.1, -0.05) is 12.2 Å². The summed E-state index contributed by atoms with van der Waals surface area (Å²) in [5, 5.41) is 3.36. The molecule has 0 saturated heterocycles. The molecule has 5 nitrogen and oxygen atoms in total. The van der Waals surface area contributed by atoms with Crippen LogP contribution in [-0.2, 0) is 16.1 Å². The lowest BCUT2D eigenvalue weighted by Crippen LogP contribution is -2.23. The van der Waals surface area contributed by atoms with Crippen molar-refractivity contribution in [2.24, 2.45) is 5.92 Å². The van der Waals surface area contributed by atoms with Gasteiger partial charge in [-0.3, -0.25) is 4.79 Å². The van der Waals surface area contributed by atoms with Crippen LogP contribution in [0.3, 0.4) is 0 Å². The van der Waals surface area contributed by atoms with Gasteiger partial charge >= 0.3 is 0 Å². The number of carbonyl (C=O) groups excluding carboxylic acids is 1. The second-order valence-electron chi connectivity index (χ2n) is 3.92. The van der Waals surface area contributed by atoms with Crippen LogP contribution < -0.4 is 5.32 Å². The number of ether oxygens (including phenoxy) is 1. The Bertz CT molecular complexity index is 417. The van der Waals surface area contributed by atoms with Crippen molar-refractivity contribution in [2.75, 3.05) is 12.4 Å². The highest BCUT2D eigenvalue weighted by molar-refractivity contribution is 7.09. The summed E-state index contributed by atoms with van der Waals surface area (Å²) in [6, 6.07) is 0. The van der Waals surface area contributed by atoms with E-state index >= 15 is 0 Å². The van der Waals surface area contributed by atoms with Crippen LogP contribution in [0, 0.1) is 5.92 Å². The van der Waals surface area contributed by atoms with Crippen molar-refractivity contribution in [1.29, 1.82) is 0 Å². The molecule has 1 atom stereocenters. The van der Waals surface area contributed by atoms with Gasteiger partial charge in [-0.05, 0) is 19.3 Å². The number of methoxy groups -OCH3 is 1. The molecule has 1 heterocycles. The average Bonchev–Trinajstić information content (AvgIpc) is 2.78. The summed E-state index contributed by atoms with van der Waals surface area (Å²) in [7, 11) is 1.59. The lowest BCUT2D eigenvalue weighted by Gasteiger charge is -2.15. The maximum absolute atomic E-state index is 11.9. The van der Waals surface area contributed by atoms with Crippen LogP contribution in [0.15, 0.2) is 12.2 Å². The minimum Gasteiger partial charge on any atom is -0.377 e. The van der Waals surface area contributed by atoms with Crippen molar-refractivity contribution in [3.63, 3.8) is 0 Å². The van der Waals surface area contributed by atoms with Gasteiger partial charge in [0.05, 0.1) is 0 Å². The highest BCUT2D eigenvalue weighted by Gasteiger charge is 2.19. The van der Waals surface area contributed by atoms with Crippen molar-refractivity contribution < 1.29 is 9.53 Å². The van der Waals surface area contributed by atoms with E-state index in [0.717, 1.165) is 19.3 Å². The Hall–Kier alpha value is -1.27. The van der Waals surface area contributed by atoms with E-state index in [4.69, 9.17) is 4.74 Å². The Labute approximate surface area is 104 Å². The molecule has 92 valence electrons. The van der Waals surface area contributed by atoms with E-state index < -0.39 is 0 Å². The number of nitrogens with one attached hydrogen (secondary N) is 1. The zero-order valence-corrected chi connectivity index (χ0v) is 10.5. The van der Waals surface area contributed by atoms with E-state index in [1.54, 1.807) is 7.11 Å². The molecule has 0 radical (unpaired) electrons. The molecule has 1 aromatic rings. The monoisotopic (exact) mass is 253 g/mol. The summed E-state index contributed by atoms with van der Waals surface area (Å²) >= 11 is 1.19. The topological polar surface area (TPSA) is 64.1 Å². The van der Waals surface area contributed by atoms with E-state index in [-0.39, 0.29) is 11.8 Å². The van der Waals surface area contributed by atoms with Gasteiger partial charge < -0.3 is 10.1 Å². The third-order valence-corrected chi connectivity index (χ3v) is 3.28. The summed E-state index contributed by atoms with van der Waals surface area (Å²) in [5.74, 6) is 0.709. The molecular weight excluding hydrogens is 238 g/mol. The van der Waals surface area contributed by atoms with E-state index in [2.05, 4.69) is 26.8 Å². The second-order valence-corrected chi connectivity index (χ2v) is 4.67. The molecule has 0 saturated carbocycles. The maximum Gasteiger partial charge on any atom is 0.229 e. The summed E-state index contributed by atoms with van der Waals surface area (Å²) in [6.45, 7) is 0.374. The molecule has 1 amide bonds. The molecule has 0 fully saturated rings. The quantitative estimate of drug-likeness (QED) is 0.833. The highest BCUT2D eigenvalue weighted by Crippen LogP contribution is 2.20. The largest absolute Gasteiger partial charge is 0.377 e. The molecule has 0 spiro atoms. The van der Waals surface area contributed by atoms with Gasteiger partial charge in [0.1, 0.15) is 6.61 Å². The zero-order chi connectivity index (χ0) is 12.1. The third kappa shape index (κ3) is 3.34. The SMILES string of the molecule is COCc1nsc(NC(=O)C2CC=CCC2)n1. The second kappa shape index (κ2) is 5.88. The minimum absolute atomic E-state index is 0.0365. The predicted molar refractivity (Wildman–Crippen MR) is 65.7 cm³/mol. The number of rotatable bonds is 4. The van der Waals surface area contributed by atoms with Crippen LogP contribution in [0.25, 0.3) is 0 Å². The van der Waals surface area contributed by atoms with Crippen LogP contribution in [0.1, 0.15) is 25.1 Å². The van der Waals surface area contributed by atoms with E-state index in [1.807, 2.05) is 0 Å². The van der Waals surface area contributed by atoms with Crippen LogP contribution in [0.2, 0.25) is 0 Å². The maximum atomic E-state index is 11.9. The molecule has 17 heavy (non-hydrogen) atoms. The molecule has 0 aromatic carbocycles. The van der Waals surface area contributed by atoms with Gasteiger partial charge in [0.2, 0.25) is 11.0 Å². The van der Waals surface area contributed by atoms with Crippen LogP contribution in [-0.4, -0.2) is 22.4 Å². The molecule has 0 aliphatic heterocycles. The Kier molecular flexibility index (Phi) is 4.22. The number of carbonyl (C=O) groups is 1. The number of allylic oxidation sites excluding steroid dienone is 2. The van der Waals surface area contributed by atoms with Crippen molar-refractivity contribution >= 4 is 22.6 Å². The summed E-state index contributed by atoms with van der Waals surface area (Å²) < 4.78 is 9.00. The lowest BCUT2D eigenvalue weighted by atomic mass is 9.94. The molecule has 1 aliphatic carbocycles.